The van der Waals surface area contributed by atoms with Crippen molar-refractivity contribution in [2.75, 3.05) is 26.2 Å². The standard InChI is InChI=1S/C10H19F3N2/c1-8(2)5-9-6-14-3-4-15(9)7-10(11,12)13/h8-9,14H,3-7H2,1-2H3. The largest absolute Gasteiger partial charge is 0.401 e. The molecule has 90 valence electrons. The van der Waals surface area contributed by atoms with Crippen LogP contribution >= 0.6 is 0 Å². The second-order valence-corrected chi connectivity index (χ2v) is 4.57. The zero-order chi connectivity index (χ0) is 11.5. The summed E-state index contributed by atoms with van der Waals surface area (Å²) in [7, 11) is 0. The molecule has 15 heavy (non-hydrogen) atoms. The minimum atomic E-state index is -4.08. The number of hydrogen-bond acceptors (Lipinski definition) is 2. The van der Waals surface area contributed by atoms with Gasteiger partial charge in [0.25, 0.3) is 0 Å². The van der Waals surface area contributed by atoms with Crippen LogP contribution in [0.5, 0.6) is 0 Å². The molecule has 0 amide bonds. The van der Waals surface area contributed by atoms with Crippen LogP contribution in [0.15, 0.2) is 0 Å². The Bertz CT molecular complexity index is 192. The SMILES string of the molecule is CC(C)CC1CNCCN1CC(F)(F)F. The van der Waals surface area contributed by atoms with Crippen molar-refractivity contribution in [1.29, 1.82) is 0 Å². The van der Waals surface area contributed by atoms with Crippen LogP contribution in [0.25, 0.3) is 0 Å². The number of nitrogens with zero attached hydrogens (tertiary/aromatic N) is 1. The molecule has 1 aliphatic heterocycles. The minimum absolute atomic E-state index is 0.0281. The van der Waals surface area contributed by atoms with Gasteiger partial charge in [0, 0.05) is 25.7 Å². The molecule has 0 aliphatic carbocycles. The third-order valence-corrected chi connectivity index (χ3v) is 2.60. The fourth-order valence-electron chi connectivity index (χ4n) is 2.02. The fourth-order valence-corrected chi connectivity index (χ4v) is 2.02. The molecule has 0 bridgehead atoms. The Morgan fingerprint density at radius 1 is 1.40 bits per heavy atom. The Morgan fingerprint density at radius 3 is 2.60 bits per heavy atom. The van der Waals surface area contributed by atoms with E-state index >= 15 is 0 Å². The van der Waals surface area contributed by atoms with Gasteiger partial charge in [0.2, 0.25) is 0 Å². The van der Waals surface area contributed by atoms with Gasteiger partial charge in [-0.05, 0) is 12.3 Å². The summed E-state index contributed by atoms with van der Waals surface area (Å²) in [5, 5.41) is 3.15. The molecule has 1 aliphatic rings. The van der Waals surface area contributed by atoms with Crippen LogP contribution in [0, 0.1) is 5.92 Å². The van der Waals surface area contributed by atoms with E-state index < -0.39 is 12.7 Å². The molecule has 0 radical (unpaired) electrons. The second kappa shape index (κ2) is 5.16. The van der Waals surface area contributed by atoms with Gasteiger partial charge in [-0.3, -0.25) is 4.90 Å². The Kier molecular flexibility index (Phi) is 4.40. The highest BCUT2D eigenvalue weighted by molar-refractivity contribution is 4.81. The maximum atomic E-state index is 12.3. The molecule has 1 unspecified atom stereocenters. The van der Waals surface area contributed by atoms with Crippen LogP contribution in [0.3, 0.4) is 0 Å². The molecule has 0 aromatic heterocycles. The maximum Gasteiger partial charge on any atom is 0.401 e. The summed E-state index contributed by atoms with van der Waals surface area (Å²) in [4.78, 5) is 1.55. The molecular weight excluding hydrogens is 205 g/mol. The fraction of sp³-hybridized carbons (Fsp3) is 1.00. The quantitative estimate of drug-likeness (QED) is 0.787. The minimum Gasteiger partial charge on any atom is -0.314 e. The molecule has 1 rings (SSSR count). The van der Waals surface area contributed by atoms with Gasteiger partial charge in [-0.25, -0.2) is 0 Å². The summed E-state index contributed by atoms with van der Waals surface area (Å²) in [6.45, 7) is 5.14. The highest BCUT2D eigenvalue weighted by atomic mass is 19.4. The summed E-state index contributed by atoms with van der Waals surface area (Å²) in [5.41, 5.74) is 0. The number of halogens is 3. The topological polar surface area (TPSA) is 15.3 Å². The summed E-state index contributed by atoms with van der Waals surface area (Å²) in [6, 6.07) is 0.0281. The van der Waals surface area contributed by atoms with Crippen molar-refractivity contribution in [3.05, 3.63) is 0 Å². The first kappa shape index (κ1) is 12.8. The van der Waals surface area contributed by atoms with E-state index in [2.05, 4.69) is 5.32 Å². The molecule has 1 fully saturated rings. The number of nitrogens with one attached hydrogen (secondary N) is 1. The second-order valence-electron chi connectivity index (χ2n) is 4.57. The van der Waals surface area contributed by atoms with Gasteiger partial charge >= 0.3 is 6.18 Å². The molecule has 0 aromatic carbocycles. The molecular formula is C10H19F3N2. The van der Waals surface area contributed by atoms with Gasteiger partial charge in [0.1, 0.15) is 0 Å². The molecule has 1 saturated heterocycles. The molecule has 0 saturated carbocycles. The average molecular weight is 224 g/mol. The van der Waals surface area contributed by atoms with Crippen molar-refractivity contribution in [2.24, 2.45) is 5.92 Å². The number of piperazine rings is 1. The van der Waals surface area contributed by atoms with E-state index in [1.807, 2.05) is 13.8 Å². The van der Waals surface area contributed by atoms with Gasteiger partial charge in [-0.15, -0.1) is 0 Å². The Balaban J connectivity index is 2.50. The van der Waals surface area contributed by atoms with Crippen molar-refractivity contribution < 1.29 is 13.2 Å². The van der Waals surface area contributed by atoms with Gasteiger partial charge < -0.3 is 5.32 Å². The van der Waals surface area contributed by atoms with Crippen LogP contribution in [0.4, 0.5) is 13.2 Å². The monoisotopic (exact) mass is 224 g/mol. The Hall–Kier alpha value is -0.290. The predicted octanol–water partition coefficient (Wildman–Crippen LogP) is 1.87. The van der Waals surface area contributed by atoms with E-state index in [9.17, 15) is 13.2 Å². The van der Waals surface area contributed by atoms with Gasteiger partial charge in [-0.1, -0.05) is 13.8 Å². The number of hydrogen-bond donors (Lipinski definition) is 1. The predicted molar refractivity (Wildman–Crippen MR) is 53.7 cm³/mol. The molecule has 5 heteroatoms. The van der Waals surface area contributed by atoms with Crippen LogP contribution < -0.4 is 5.32 Å². The molecule has 0 aromatic rings. The van der Waals surface area contributed by atoms with Crippen LogP contribution in [0.2, 0.25) is 0 Å². The lowest BCUT2D eigenvalue weighted by atomic mass is 10.0. The van der Waals surface area contributed by atoms with Crippen molar-refractivity contribution in [3.63, 3.8) is 0 Å². The first-order chi connectivity index (χ1) is 6.88. The highest BCUT2D eigenvalue weighted by Crippen LogP contribution is 2.21. The summed E-state index contributed by atoms with van der Waals surface area (Å²) in [5.74, 6) is 0.436. The lowest BCUT2D eigenvalue weighted by Gasteiger charge is -2.37. The zero-order valence-electron chi connectivity index (χ0n) is 9.27. The van der Waals surface area contributed by atoms with E-state index in [1.165, 1.54) is 0 Å². The highest BCUT2D eigenvalue weighted by Gasteiger charge is 2.34. The van der Waals surface area contributed by atoms with Crippen LogP contribution in [-0.4, -0.2) is 43.3 Å². The van der Waals surface area contributed by atoms with Crippen LogP contribution in [-0.2, 0) is 0 Å². The number of alkyl halides is 3. The van der Waals surface area contributed by atoms with Crippen molar-refractivity contribution in [3.8, 4) is 0 Å². The third-order valence-electron chi connectivity index (χ3n) is 2.60. The van der Waals surface area contributed by atoms with Gasteiger partial charge in [0.15, 0.2) is 0 Å². The maximum absolute atomic E-state index is 12.3. The molecule has 1 N–H and O–H groups in total. The third kappa shape index (κ3) is 4.84. The van der Waals surface area contributed by atoms with Crippen molar-refractivity contribution in [1.82, 2.24) is 10.2 Å². The van der Waals surface area contributed by atoms with E-state index in [0.717, 1.165) is 6.42 Å². The Labute approximate surface area is 88.8 Å². The molecule has 1 heterocycles. The van der Waals surface area contributed by atoms with Gasteiger partial charge in [-0.2, -0.15) is 13.2 Å². The van der Waals surface area contributed by atoms with Gasteiger partial charge in [0.05, 0.1) is 6.54 Å². The van der Waals surface area contributed by atoms with Crippen molar-refractivity contribution >= 4 is 0 Å². The first-order valence-corrected chi connectivity index (χ1v) is 5.40. The lowest BCUT2D eigenvalue weighted by molar-refractivity contribution is -0.153. The van der Waals surface area contributed by atoms with E-state index in [1.54, 1.807) is 4.90 Å². The normalized spacial score (nSPS) is 24.8. The average Bonchev–Trinajstić information content (AvgIpc) is 2.05. The van der Waals surface area contributed by atoms with E-state index in [-0.39, 0.29) is 6.04 Å². The smallest absolute Gasteiger partial charge is 0.314 e. The Morgan fingerprint density at radius 2 is 2.07 bits per heavy atom. The lowest BCUT2D eigenvalue weighted by Crippen LogP contribution is -2.54. The van der Waals surface area contributed by atoms with E-state index in [4.69, 9.17) is 0 Å². The molecule has 1 atom stereocenters. The zero-order valence-corrected chi connectivity index (χ0v) is 9.27. The summed E-state index contributed by atoms with van der Waals surface area (Å²) >= 11 is 0. The van der Waals surface area contributed by atoms with E-state index in [0.29, 0.717) is 25.6 Å². The molecule has 2 nitrogen and oxygen atoms in total. The molecule has 0 spiro atoms. The summed E-state index contributed by atoms with van der Waals surface area (Å²) < 4.78 is 36.9. The van der Waals surface area contributed by atoms with Crippen molar-refractivity contribution in [2.45, 2.75) is 32.5 Å². The summed E-state index contributed by atoms with van der Waals surface area (Å²) in [6.07, 6.45) is -3.25. The number of rotatable bonds is 3. The first-order valence-electron chi connectivity index (χ1n) is 5.40. The van der Waals surface area contributed by atoms with Crippen LogP contribution in [0.1, 0.15) is 20.3 Å².